The zero-order valence-electron chi connectivity index (χ0n) is 8.39. The van der Waals surface area contributed by atoms with Crippen LogP contribution in [0.5, 0.6) is 0 Å². The van der Waals surface area contributed by atoms with Gasteiger partial charge in [0.2, 0.25) is 0 Å². The van der Waals surface area contributed by atoms with Crippen molar-refractivity contribution in [3.63, 3.8) is 0 Å². The number of thiol groups is 1. The quantitative estimate of drug-likeness (QED) is 0.426. The summed E-state index contributed by atoms with van der Waals surface area (Å²) in [5, 5.41) is 0.348. The van der Waals surface area contributed by atoms with E-state index in [1.807, 2.05) is 0 Å². The second-order valence-corrected chi connectivity index (χ2v) is 4.29. The lowest BCUT2D eigenvalue weighted by molar-refractivity contribution is 0.579. The van der Waals surface area contributed by atoms with Gasteiger partial charge in [0.05, 0.1) is 0 Å². The Morgan fingerprint density at radius 1 is 1.00 bits per heavy atom. The molecule has 73 valence electrons. The molecular formula is C11H23S. The van der Waals surface area contributed by atoms with Crippen LogP contribution in [0.2, 0.25) is 0 Å². The molecule has 0 heterocycles. The van der Waals surface area contributed by atoms with Crippen molar-refractivity contribution in [1.29, 1.82) is 0 Å². The zero-order valence-corrected chi connectivity index (χ0v) is 9.28. The van der Waals surface area contributed by atoms with Crippen LogP contribution in [0.25, 0.3) is 0 Å². The van der Waals surface area contributed by atoms with Gasteiger partial charge in [-0.1, -0.05) is 51.9 Å². The number of unbranched alkanes of at least 4 members (excludes halogenated alkanes) is 6. The highest BCUT2D eigenvalue weighted by Gasteiger charge is 1.94. The Kier molecular flexibility index (Phi) is 9.71. The number of rotatable bonds is 8. The first-order valence-corrected chi connectivity index (χ1v) is 5.80. The van der Waals surface area contributed by atoms with Crippen LogP contribution in [0.3, 0.4) is 0 Å². The normalized spacial score (nSPS) is 13.2. The van der Waals surface area contributed by atoms with Crippen molar-refractivity contribution in [3.8, 4) is 0 Å². The first kappa shape index (κ1) is 12.3. The Hall–Kier alpha value is 0.350. The molecule has 0 saturated heterocycles. The van der Waals surface area contributed by atoms with E-state index in [0.29, 0.717) is 5.25 Å². The molecule has 0 amide bonds. The van der Waals surface area contributed by atoms with Crippen molar-refractivity contribution < 1.29 is 0 Å². The van der Waals surface area contributed by atoms with Crippen LogP contribution in [0, 0.1) is 6.92 Å². The molecule has 0 aliphatic heterocycles. The minimum Gasteiger partial charge on any atom is -0.176 e. The summed E-state index contributed by atoms with van der Waals surface area (Å²) < 4.78 is 0. The molecule has 0 aromatic rings. The topological polar surface area (TPSA) is 0 Å². The van der Waals surface area contributed by atoms with E-state index in [1.54, 1.807) is 0 Å². The van der Waals surface area contributed by atoms with Crippen molar-refractivity contribution >= 4 is 12.6 Å². The summed E-state index contributed by atoms with van der Waals surface area (Å²) in [5.41, 5.74) is 0. The summed E-state index contributed by atoms with van der Waals surface area (Å²) in [4.78, 5) is 0. The van der Waals surface area contributed by atoms with E-state index in [1.165, 1.54) is 51.4 Å². The molecule has 0 aromatic heterocycles. The van der Waals surface area contributed by atoms with Crippen LogP contribution in [0.4, 0.5) is 0 Å². The van der Waals surface area contributed by atoms with E-state index in [9.17, 15) is 0 Å². The first-order chi connectivity index (χ1) is 5.77. The third kappa shape index (κ3) is 10.3. The fourth-order valence-electron chi connectivity index (χ4n) is 1.34. The van der Waals surface area contributed by atoms with Crippen LogP contribution in [-0.4, -0.2) is 5.25 Å². The first-order valence-electron chi connectivity index (χ1n) is 5.28. The molecule has 12 heavy (non-hydrogen) atoms. The lowest BCUT2D eigenvalue weighted by Gasteiger charge is -2.03. The summed E-state index contributed by atoms with van der Waals surface area (Å²) in [5.74, 6) is 0. The van der Waals surface area contributed by atoms with Gasteiger partial charge < -0.3 is 0 Å². The standard InChI is InChI=1S/C11H23S/c1-3-4-5-6-7-8-9-10-11(2)12/h11-12H,2-10H2,1H3. The van der Waals surface area contributed by atoms with Crippen molar-refractivity contribution in [2.45, 2.75) is 63.5 Å². The smallest absolute Gasteiger partial charge is 0.00172 e. The predicted octanol–water partition coefficient (Wildman–Crippen LogP) is 4.26. The van der Waals surface area contributed by atoms with Crippen molar-refractivity contribution in [1.82, 2.24) is 0 Å². The molecule has 0 rings (SSSR count). The van der Waals surface area contributed by atoms with Gasteiger partial charge >= 0.3 is 0 Å². The molecule has 0 bridgehead atoms. The van der Waals surface area contributed by atoms with Crippen LogP contribution in [-0.2, 0) is 0 Å². The molecule has 0 aliphatic rings. The Labute approximate surface area is 83.5 Å². The fraction of sp³-hybridized carbons (Fsp3) is 0.909. The Bertz CT molecular complexity index is 79.1. The Morgan fingerprint density at radius 2 is 1.50 bits per heavy atom. The maximum Gasteiger partial charge on any atom is 0.00172 e. The summed E-state index contributed by atoms with van der Waals surface area (Å²) in [6.45, 7) is 6.11. The van der Waals surface area contributed by atoms with E-state index in [2.05, 4.69) is 26.5 Å². The van der Waals surface area contributed by atoms with Crippen LogP contribution >= 0.6 is 12.6 Å². The Balaban J connectivity index is 2.82. The van der Waals surface area contributed by atoms with Gasteiger partial charge in [-0.05, 0) is 13.3 Å². The zero-order chi connectivity index (χ0) is 9.23. The van der Waals surface area contributed by atoms with Crippen molar-refractivity contribution in [3.05, 3.63) is 6.92 Å². The van der Waals surface area contributed by atoms with Gasteiger partial charge in [-0.2, -0.15) is 12.6 Å². The van der Waals surface area contributed by atoms with E-state index in [-0.39, 0.29) is 0 Å². The lowest BCUT2D eigenvalue weighted by atomic mass is 10.1. The van der Waals surface area contributed by atoms with Crippen molar-refractivity contribution in [2.24, 2.45) is 0 Å². The highest BCUT2D eigenvalue weighted by Crippen LogP contribution is 2.11. The van der Waals surface area contributed by atoms with E-state index in [4.69, 9.17) is 0 Å². The summed E-state index contributed by atoms with van der Waals surface area (Å²) >= 11 is 4.25. The summed E-state index contributed by atoms with van der Waals surface area (Å²) in [6, 6.07) is 0. The minimum absolute atomic E-state index is 0.348. The van der Waals surface area contributed by atoms with Gasteiger partial charge in [-0.25, -0.2) is 0 Å². The number of hydrogen-bond acceptors (Lipinski definition) is 1. The molecule has 0 N–H and O–H groups in total. The van der Waals surface area contributed by atoms with Gasteiger partial charge in [-0.15, -0.1) is 0 Å². The molecular weight excluding hydrogens is 164 g/mol. The van der Waals surface area contributed by atoms with Gasteiger partial charge in [0.1, 0.15) is 0 Å². The van der Waals surface area contributed by atoms with Gasteiger partial charge in [0, 0.05) is 5.25 Å². The second kappa shape index (κ2) is 9.44. The number of hydrogen-bond donors (Lipinski definition) is 1. The molecule has 0 spiro atoms. The molecule has 1 atom stereocenters. The summed E-state index contributed by atoms with van der Waals surface area (Å²) in [6.07, 6.45) is 10.9. The fourth-order valence-corrected chi connectivity index (χ4v) is 1.52. The highest BCUT2D eigenvalue weighted by molar-refractivity contribution is 7.81. The third-order valence-corrected chi connectivity index (χ3v) is 2.40. The maximum absolute atomic E-state index is 4.25. The molecule has 1 unspecified atom stereocenters. The maximum atomic E-state index is 4.25. The second-order valence-electron chi connectivity index (χ2n) is 3.56. The van der Waals surface area contributed by atoms with Crippen LogP contribution in [0.15, 0.2) is 0 Å². The van der Waals surface area contributed by atoms with Gasteiger partial charge in [0.15, 0.2) is 0 Å². The van der Waals surface area contributed by atoms with Gasteiger partial charge in [-0.3, -0.25) is 0 Å². The minimum atomic E-state index is 0.348. The van der Waals surface area contributed by atoms with E-state index >= 15 is 0 Å². The molecule has 0 nitrogen and oxygen atoms in total. The average Bonchev–Trinajstić information content (AvgIpc) is 2.02. The largest absolute Gasteiger partial charge is 0.176 e. The monoisotopic (exact) mass is 187 g/mol. The van der Waals surface area contributed by atoms with E-state index < -0.39 is 0 Å². The molecule has 1 radical (unpaired) electrons. The van der Waals surface area contributed by atoms with Crippen LogP contribution < -0.4 is 0 Å². The third-order valence-electron chi connectivity index (χ3n) is 2.14. The summed E-state index contributed by atoms with van der Waals surface area (Å²) in [7, 11) is 0. The average molecular weight is 187 g/mol. The SMILES string of the molecule is [CH2]C(S)CCCCCCCCC. The molecule has 0 fully saturated rings. The molecule has 0 saturated carbocycles. The highest BCUT2D eigenvalue weighted by atomic mass is 32.1. The predicted molar refractivity (Wildman–Crippen MR) is 60.7 cm³/mol. The van der Waals surface area contributed by atoms with E-state index in [0.717, 1.165) is 0 Å². The lowest BCUT2D eigenvalue weighted by Crippen LogP contribution is -1.90. The molecule has 0 aliphatic carbocycles. The van der Waals surface area contributed by atoms with Gasteiger partial charge in [0.25, 0.3) is 0 Å². The molecule has 0 aromatic carbocycles. The Morgan fingerprint density at radius 3 is 2.00 bits per heavy atom. The van der Waals surface area contributed by atoms with Crippen molar-refractivity contribution in [2.75, 3.05) is 0 Å². The van der Waals surface area contributed by atoms with Crippen LogP contribution in [0.1, 0.15) is 58.3 Å². The molecule has 1 heteroatoms.